The molecule has 1 aromatic heterocycles. The molecule has 0 atom stereocenters. The highest BCUT2D eigenvalue weighted by atomic mass is 79.9. The number of aromatic nitrogens is 1. The first-order valence-corrected chi connectivity index (χ1v) is 8.63. The van der Waals surface area contributed by atoms with E-state index in [2.05, 4.69) is 41.6 Å². The van der Waals surface area contributed by atoms with E-state index in [1.54, 1.807) is 0 Å². The van der Waals surface area contributed by atoms with Crippen LogP contribution in [-0.2, 0) is 10.0 Å². The summed E-state index contributed by atoms with van der Waals surface area (Å²) in [5, 5.41) is 0.253. The molecule has 1 heterocycles. The first kappa shape index (κ1) is 15.6. The molecule has 0 amide bonds. The molecule has 2 rings (SSSR count). The Morgan fingerprint density at radius 3 is 2.50 bits per heavy atom. The van der Waals surface area contributed by atoms with Crippen LogP contribution in [0.5, 0.6) is 0 Å². The second kappa shape index (κ2) is 5.88. The summed E-state index contributed by atoms with van der Waals surface area (Å²) in [6, 6.07) is 5.88. The minimum absolute atomic E-state index is 0.0876. The largest absolute Gasteiger partial charge is 0.398 e. The van der Waals surface area contributed by atoms with E-state index in [0.29, 0.717) is 20.3 Å². The molecule has 0 bridgehead atoms. The third-order valence-corrected chi connectivity index (χ3v) is 5.53. The third kappa shape index (κ3) is 3.43. The lowest BCUT2D eigenvalue weighted by Crippen LogP contribution is -2.13. The lowest BCUT2D eigenvalue weighted by atomic mass is 10.3. The minimum Gasteiger partial charge on any atom is -0.398 e. The van der Waals surface area contributed by atoms with Crippen LogP contribution in [0.2, 0.25) is 5.15 Å². The van der Waals surface area contributed by atoms with E-state index in [9.17, 15) is 8.42 Å². The van der Waals surface area contributed by atoms with E-state index in [0.717, 1.165) is 0 Å². The first-order valence-electron chi connectivity index (χ1n) is 5.18. The molecule has 0 aliphatic heterocycles. The molecule has 0 aliphatic carbocycles. The average Bonchev–Trinajstić information content (AvgIpc) is 2.37. The minimum atomic E-state index is -3.72. The molecule has 0 radical (unpaired) electrons. The van der Waals surface area contributed by atoms with E-state index < -0.39 is 10.0 Å². The molecule has 0 aliphatic rings. The monoisotopic (exact) mass is 439 g/mol. The fourth-order valence-corrected chi connectivity index (χ4v) is 3.41. The lowest BCUT2D eigenvalue weighted by Gasteiger charge is -2.09. The zero-order chi connectivity index (χ0) is 14.9. The van der Waals surface area contributed by atoms with Gasteiger partial charge in [-0.2, -0.15) is 0 Å². The number of nitrogens with one attached hydrogen (secondary N) is 1. The molecule has 3 N–H and O–H groups in total. The van der Waals surface area contributed by atoms with Gasteiger partial charge in [0.2, 0.25) is 0 Å². The summed E-state index contributed by atoms with van der Waals surface area (Å²) in [6.45, 7) is 0. The van der Waals surface area contributed by atoms with E-state index in [-0.39, 0.29) is 10.0 Å². The number of nitrogens with two attached hydrogens (primary N) is 1. The molecule has 0 unspecified atom stereocenters. The van der Waals surface area contributed by atoms with Crippen LogP contribution in [0.25, 0.3) is 0 Å². The standard InChI is InChI=1S/C11H8Br2ClN3O2S/c12-8-4-7(1-2-10(8)15)20(18,19)17-6-3-9(13)11(14)16-5-6/h1-5,17H,15H2. The van der Waals surface area contributed by atoms with Crippen molar-refractivity contribution >= 4 is 64.9 Å². The van der Waals surface area contributed by atoms with Gasteiger partial charge in [0.05, 0.1) is 21.3 Å². The maximum Gasteiger partial charge on any atom is 0.261 e. The van der Waals surface area contributed by atoms with Gasteiger partial charge in [0.25, 0.3) is 10.0 Å². The van der Waals surface area contributed by atoms with Gasteiger partial charge in [0, 0.05) is 10.2 Å². The Balaban J connectivity index is 2.35. The maximum absolute atomic E-state index is 12.2. The van der Waals surface area contributed by atoms with E-state index >= 15 is 0 Å². The smallest absolute Gasteiger partial charge is 0.261 e. The predicted molar refractivity (Wildman–Crippen MR) is 86.3 cm³/mol. The van der Waals surface area contributed by atoms with Gasteiger partial charge in [-0.25, -0.2) is 13.4 Å². The second-order valence-electron chi connectivity index (χ2n) is 3.79. The van der Waals surface area contributed by atoms with Crippen molar-refractivity contribution in [2.75, 3.05) is 10.5 Å². The van der Waals surface area contributed by atoms with Crippen molar-refractivity contribution in [1.82, 2.24) is 4.98 Å². The SMILES string of the molecule is Nc1ccc(S(=O)(=O)Nc2cnc(Cl)c(Br)c2)cc1Br. The van der Waals surface area contributed by atoms with Crippen molar-refractivity contribution in [3.63, 3.8) is 0 Å². The summed E-state index contributed by atoms with van der Waals surface area (Å²) in [6.07, 6.45) is 1.33. The molecular weight excluding hydrogens is 433 g/mol. The molecule has 106 valence electrons. The van der Waals surface area contributed by atoms with Crippen molar-refractivity contribution in [2.45, 2.75) is 4.90 Å². The Morgan fingerprint density at radius 1 is 1.20 bits per heavy atom. The zero-order valence-corrected chi connectivity index (χ0v) is 14.5. The van der Waals surface area contributed by atoms with Crippen molar-refractivity contribution in [1.29, 1.82) is 0 Å². The summed E-state index contributed by atoms with van der Waals surface area (Å²) >= 11 is 12.1. The summed E-state index contributed by atoms with van der Waals surface area (Å²) in [5.74, 6) is 0. The Labute approximate surface area is 137 Å². The maximum atomic E-state index is 12.2. The molecule has 0 fully saturated rings. The van der Waals surface area contributed by atoms with E-state index in [1.807, 2.05) is 0 Å². The molecule has 5 nitrogen and oxygen atoms in total. The van der Waals surface area contributed by atoms with Gasteiger partial charge in [-0.1, -0.05) is 11.6 Å². The van der Waals surface area contributed by atoms with Crippen LogP contribution in [0.15, 0.2) is 44.3 Å². The summed E-state index contributed by atoms with van der Waals surface area (Å²) in [5.41, 5.74) is 6.39. The van der Waals surface area contributed by atoms with Gasteiger partial charge < -0.3 is 5.73 Å². The fourth-order valence-electron chi connectivity index (χ4n) is 1.37. The van der Waals surface area contributed by atoms with Gasteiger partial charge in [-0.05, 0) is 56.1 Å². The van der Waals surface area contributed by atoms with Crippen LogP contribution in [0, 0.1) is 0 Å². The predicted octanol–water partition coefficient (Wildman–Crippen LogP) is 3.64. The van der Waals surface area contributed by atoms with Crippen LogP contribution in [0.3, 0.4) is 0 Å². The molecule has 0 saturated carbocycles. The molecule has 0 spiro atoms. The number of nitrogens with zero attached hydrogens (tertiary/aromatic N) is 1. The van der Waals surface area contributed by atoms with Gasteiger partial charge >= 0.3 is 0 Å². The number of rotatable bonds is 3. The summed E-state index contributed by atoms with van der Waals surface area (Å²) < 4.78 is 27.8. The Hall–Kier alpha value is -0.830. The van der Waals surface area contributed by atoms with E-state index in [4.69, 9.17) is 17.3 Å². The number of halogens is 3. The van der Waals surface area contributed by atoms with Gasteiger partial charge in [-0.15, -0.1) is 0 Å². The molecule has 20 heavy (non-hydrogen) atoms. The zero-order valence-electron chi connectivity index (χ0n) is 9.77. The summed E-state index contributed by atoms with van der Waals surface area (Å²) in [7, 11) is -3.72. The number of pyridine rings is 1. The van der Waals surface area contributed by atoms with Crippen LogP contribution >= 0.6 is 43.5 Å². The number of nitrogen functional groups attached to an aromatic ring is 1. The number of anilines is 2. The highest BCUT2D eigenvalue weighted by Gasteiger charge is 2.16. The quantitative estimate of drug-likeness (QED) is 0.563. The number of hydrogen-bond donors (Lipinski definition) is 2. The van der Waals surface area contributed by atoms with Crippen LogP contribution in [-0.4, -0.2) is 13.4 Å². The van der Waals surface area contributed by atoms with E-state index in [1.165, 1.54) is 30.5 Å². The number of benzene rings is 1. The van der Waals surface area contributed by atoms with Crippen LogP contribution in [0.4, 0.5) is 11.4 Å². The van der Waals surface area contributed by atoms with Crippen molar-refractivity contribution in [3.05, 3.63) is 44.6 Å². The average molecular weight is 442 g/mol. The number of hydrogen-bond acceptors (Lipinski definition) is 4. The Morgan fingerprint density at radius 2 is 1.90 bits per heavy atom. The lowest BCUT2D eigenvalue weighted by molar-refractivity contribution is 0.601. The number of sulfonamides is 1. The highest BCUT2D eigenvalue weighted by Crippen LogP contribution is 2.26. The highest BCUT2D eigenvalue weighted by molar-refractivity contribution is 9.11. The fraction of sp³-hybridized carbons (Fsp3) is 0. The molecule has 0 saturated heterocycles. The molecular formula is C11H8Br2ClN3O2S. The van der Waals surface area contributed by atoms with Gasteiger partial charge in [0.1, 0.15) is 5.15 Å². The Kier molecular flexibility index (Phi) is 4.58. The topological polar surface area (TPSA) is 85.1 Å². The third-order valence-electron chi connectivity index (χ3n) is 2.33. The van der Waals surface area contributed by atoms with Gasteiger partial charge in [-0.3, -0.25) is 4.72 Å². The molecule has 9 heteroatoms. The Bertz CT molecular complexity index is 768. The molecule has 1 aromatic carbocycles. The van der Waals surface area contributed by atoms with Gasteiger partial charge in [0.15, 0.2) is 0 Å². The van der Waals surface area contributed by atoms with Crippen LogP contribution < -0.4 is 10.5 Å². The normalized spacial score (nSPS) is 11.3. The van der Waals surface area contributed by atoms with Crippen molar-refractivity contribution in [2.24, 2.45) is 0 Å². The second-order valence-corrected chi connectivity index (χ2v) is 7.53. The van der Waals surface area contributed by atoms with Crippen molar-refractivity contribution < 1.29 is 8.42 Å². The first-order chi connectivity index (χ1) is 9.29. The summed E-state index contributed by atoms with van der Waals surface area (Å²) in [4.78, 5) is 3.94. The van der Waals surface area contributed by atoms with Crippen LogP contribution in [0.1, 0.15) is 0 Å². The van der Waals surface area contributed by atoms with Crippen molar-refractivity contribution in [3.8, 4) is 0 Å². The molecule has 2 aromatic rings.